The highest BCUT2D eigenvalue weighted by Gasteiger charge is 2.39. The average molecular weight is 255 g/mol. The predicted molar refractivity (Wildman–Crippen MR) is 53.1 cm³/mol. The fourth-order valence-corrected chi connectivity index (χ4v) is 1.29. The second kappa shape index (κ2) is 5.03. The summed E-state index contributed by atoms with van der Waals surface area (Å²) in [4.78, 5) is 0. The highest BCUT2D eigenvalue weighted by atomic mass is 35.5. The van der Waals surface area contributed by atoms with Crippen molar-refractivity contribution >= 4 is 11.6 Å². The number of benzene rings is 1. The first-order valence-corrected chi connectivity index (χ1v) is 4.87. The molecule has 0 radical (unpaired) electrons. The van der Waals surface area contributed by atoms with E-state index in [0.717, 1.165) is 0 Å². The first-order valence-electron chi connectivity index (χ1n) is 4.49. The first-order chi connectivity index (χ1) is 7.30. The molecule has 0 spiro atoms. The monoisotopic (exact) mass is 254 g/mol. The number of hydrogen-bond acceptors (Lipinski definition) is 2. The standard InChI is InChI=1S/C10H10ClF3O2/c11-7-3-1-6(2-4-7)8(15)5-9(16)10(12,13)14/h1-4,8-9,15-16H,5H2. The van der Waals surface area contributed by atoms with Crippen LogP contribution in [0.1, 0.15) is 18.1 Å². The Bertz CT molecular complexity index is 337. The van der Waals surface area contributed by atoms with Gasteiger partial charge in [0.25, 0.3) is 0 Å². The number of halogens is 4. The Kier molecular flexibility index (Phi) is 4.18. The van der Waals surface area contributed by atoms with Crippen LogP contribution >= 0.6 is 11.6 Å². The van der Waals surface area contributed by atoms with E-state index in [0.29, 0.717) is 5.02 Å². The van der Waals surface area contributed by atoms with Crippen LogP contribution in [0, 0.1) is 0 Å². The van der Waals surface area contributed by atoms with Crippen LogP contribution in [0.5, 0.6) is 0 Å². The summed E-state index contributed by atoms with van der Waals surface area (Å²) in [5, 5.41) is 18.6. The topological polar surface area (TPSA) is 40.5 Å². The molecule has 0 amide bonds. The van der Waals surface area contributed by atoms with E-state index in [4.69, 9.17) is 16.7 Å². The van der Waals surface area contributed by atoms with Gasteiger partial charge in [0.1, 0.15) is 0 Å². The van der Waals surface area contributed by atoms with Gasteiger partial charge in [-0.1, -0.05) is 23.7 Å². The SMILES string of the molecule is OC(CC(O)C(F)(F)F)c1ccc(Cl)cc1. The van der Waals surface area contributed by atoms with E-state index in [1.165, 1.54) is 24.3 Å². The maximum Gasteiger partial charge on any atom is 0.414 e. The summed E-state index contributed by atoms with van der Waals surface area (Å²) < 4.78 is 36.0. The highest BCUT2D eigenvalue weighted by molar-refractivity contribution is 6.30. The molecule has 6 heteroatoms. The lowest BCUT2D eigenvalue weighted by Crippen LogP contribution is -2.30. The molecule has 0 heterocycles. The van der Waals surface area contributed by atoms with Gasteiger partial charge in [-0.2, -0.15) is 13.2 Å². The fraction of sp³-hybridized carbons (Fsp3) is 0.400. The maximum absolute atomic E-state index is 12.0. The molecule has 0 aromatic heterocycles. The molecule has 2 unspecified atom stereocenters. The van der Waals surface area contributed by atoms with E-state index < -0.39 is 24.8 Å². The molecule has 1 aromatic carbocycles. The minimum atomic E-state index is -4.71. The molecule has 0 aliphatic carbocycles. The largest absolute Gasteiger partial charge is 0.414 e. The smallest absolute Gasteiger partial charge is 0.388 e. The van der Waals surface area contributed by atoms with E-state index in [2.05, 4.69) is 0 Å². The summed E-state index contributed by atoms with van der Waals surface area (Å²) in [6.45, 7) is 0. The van der Waals surface area contributed by atoms with Crippen molar-refractivity contribution in [1.82, 2.24) is 0 Å². The van der Waals surface area contributed by atoms with Crippen LogP contribution < -0.4 is 0 Å². The summed E-state index contributed by atoms with van der Waals surface area (Å²) in [6, 6.07) is 5.74. The normalized spacial score (nSPS) is 15.9. The molecule has 16 heavy (non-hydrogen) atoms. The van der Waals surface area contributed by atoms with Gasteiger partial charge in [-0.25, -0.2) is 0 Å². The van der Waals surface area contributed by atoms with Crippen LogP contribution in [0.15, 0.2) is 24.3 Å². The third kappa shape index (κ3) is 3.66. The van der Waals surface area contributed by atoms with Gasteiger partial charge in [-0.05, 0) is 17.7 Å². The summed E-state index contributed by atoms with van der Waals surface area (Å²) in [5.74, 6) is 0. The molecule has 0 aliphatic heterocycles. The van der Waals surface area contributed by atoms with Crippen LogP contribution in [0.3, 0.4) is 0 Å². The number of hydrogen-bond donors (Lipinski definition) is 2. The summed E-state index contributed by atoms with van der Waals surface area (Å²) >= 11 is 5.58. The van der Waals surface area contributed by atoms with E-state index in [1.807, 2.05) is 0 Å². The van der Waals surface area contributed by atoms with Crippen molar-refractivity contribution in [3.05, 3.63) is 34.9 Å². The zero-order valence-corrected chi connectivity index (χ0v) is 8.83. The highest BCUT2D eigenvalue weighted by Crippen LogP contribution is 2.28. The van der Waals surface area contributed by atoms with Gasteiger partial charge in [0.05, 0.1) is 6.10 Å². The van der Waals surface area contributed by atoms with Crippen LogP contribution in [-0.2, 0) is 0 Å². The molecule has 2 N–H and O–H groups in total. The Balaban J connectivity index is 2.65. The molecule has 1 rings (SSSR count). The summed E-state index contributed by atoms with van der Waals surface area (Å²) in [7, 11) is 0. The second-order valence-electron chi connectivity index (χ2n) is 3.36. The van der Waals surface area contributed by atoms with Gasteiger partial charge in [0.2, 0.25) is 0 Å². The van der Waals surface area contributed by atoms with Crippen molar-refractivity contribution in [2.24, 2.45) is 0 Å². The van der Waals surface area contributed by atoms with E-state index in [-0.39, 0.29) is 5.56 Å². The Morgan fingerprint density at radius 3 is 2.06 bits per heavy atom. The molecule has 1 aromatic rings. The third-order valence-corrected chi connectivity index (χ3v) is 2.33. The molecule has 2 nitrogen and oxygen atoms in total. The van der Waals surface area contributed by atoms with E-state index >= 15 is 0 Å². The lowest BCUT2D eigenvalue weighted by Gasteiger charge is -2.18. The van der Waals surface area contributed by atoms with Crippen molar-refractivity contribution in [1.29, 1.82) is 0 Å². The molecule has 0 bridgehead atoms. The molecule has 0 saturated carbocycles. The van der Waals surface area contributed by atoms with Crippen LogP contribution in [0.4, 0.5) is 13.2 Å². The summed E-state index contributed by atoms with van der Waals surface area (Å²) in [5.41, 5.74) is 0.285. The zero-order valence-electron chi connectivity index (χ0n) is 8.08. The molecular formula is C10H10ClF3O2. The number of aliphatic hydroxyl groups excluding tert-OH is 2. The van der Waals surface area contributed by atoms with E-state index in [9.17, 15) is 18.3 Å². The van der Waals surface area contributed by atoms with Crippen molar-refractivity contribution in [2.45, 2.75) is 24.8 Å². The molecular weight excluding hydrogens is 245 g/mol. The average Bonchev–Trinajstić information content (AvgIpc) is 2.17. The predicted octanol–water partition coefficient (Wildman–Crippen LogP) is 2.69. The van der Waals surface area contributed by atoms with Crippen molar-refractivity contribution in [3.63, 3.8) is 0 Å². The Labute approximate surface area is 95.3 Å². The van der Waals surface area contributed by atoms with Crippen LogP contribution in [-0.4, -0.2) is 22.5 Å². The Morgan fingerprint density at radius 2 is 1.62 bits per heavy atom. The van der Waals surface area contributed by atoms with Gasteiger partial charge >= 0.3 is 6.18 Å². The number of alkyl halides is 3. The lowest BCUT2D eigenvalue weighted by atomic mass is 10.0. The van der Waals surface area contributed by atoms with Crippen LogP contribution in [0.2, 0.25) is 5.02 Å². The fourth-order valence-electron chi connectivity index (χ4n) is 1.17. The number of rotatable bonds is 3. The Morgan fingerprint density at radius 1 is 1.12 bits per heavy atom. The second-order valence-corrected chi connectivity index (χ2v) is 3.80. The van der Waals surface area contributed by atoms with Gasteiger partial charge in [0.15, 0.2) is 6.10 Å². The van der Waals surface area contributed by atoms with Crippen molar-refractivity contribution in [2.75, 3.05) is 0 Å². The van der Waals surface area contributed by atoms with E-state index in [1.54, 1.807) is 0 Å². The van der Waals surface area contributed by atoms with Crippen molar-refractivity contribution in [3.8, 4) is 0 Å². The van der Waals surface area contributed by atoms with Crippen molar-refractivity contribution < 1.29 is 23.4 Å². The molecule has 2 atom stereocenters. The third-order valence-electron chi connectivity index (χ3n) is 2.08. The minimum absolute atomic E-state index is 0.285. The maximum atomic E-state index is 12.0. The zero-order chi connectivity index (χ0) is 12.3. The lowest BCUT2D eigenvalue weighted by molar-refractivity contribution is -0.211. The quantitative estimate of drug-likeness (QED) is 0.871. The van der Waals surface area contributed by atoms with Gasteiger partial charge < -0.3 is 10.2 Å². The molecule has 90 valence electrons. The molecule has 0 fully saturated rings. The van der Waals surface area contributed by atoms with Gasteiger partial charge in [0, 0.05) is 11.4 Å². The van der Waals surface area contributed by atoms with Gasteiger partial charge in [-0.15, -0.1) is 0 Å². The summed E-state index contributed by atoms with van der Waals surface area (Å²) in [6.07, 6.45) is -9.40. The first kappa shape index (κ1) is 13.3. The molecule has 0 aliphatic rings. The number of aliphatic hydroxyl groups is 2. The van der Waals surface area contributed by atoms with Gasteiger partial charge in [-0.3, -0.25) is 0 Å². The molecule has 0 saturated heterocycles. The Hall–Kier alpha value is -0.780. The minimum Gasteiger partial charge on any atom is -0.388 e. The van der Waals surface area contributed by atoms with Crippen LogP contribution in [0.25, 0.3) is 0 Å².